The highest BCUT2D eigenvalue weighted by Gasteiger charge is 2.22. The minimum absolute atomic E-state index is 0.0519. The number of terminal acetylenes is 1. The van der Waals surface area contributed by atoms with Crippen molar-refractivity contribution in [3.8, 4) is 12.3 Å². The predicted octanol–water partition coefficient (Wildman–Crippen LogP) is 3.09. The van der Waals surface area contributed by atoms with E-state index in [1.165, 1.54) is 23.3 Å². The van der Waals surface area contributed by atoms with E-state index in [4.69, 9.17) is 11.4 Å². The lowest BCUT2D eigenvalue weighted by atomic mass is 9.97. The highest BCUT2D eigenvalue weighted by molar-refractivity contribution is 7.18. The third-order valence-corrected chi connectivity index (χ3v) is 5.06. The molecule has 0 atom stereocenters. The summed E-state index contributed by atoms with van der Waals surface area (Å²) in [5.41, 5.74) is 1.28. The van der Waals surface area contributed by atoms with Crippen LogP contribution in [-0.4, -0.2) is 9.55 Å². The Balaban J connectivity index is 2.36. The molecule has 0 fully saturated rings. The molecule has 2 aromatic heterocycles. The van der Waals surface area contributed by atoms with E-state index >= 15 is 0 Å². The summed E-state index contributed by atoms with van der Waals surface area (Å²) >= 11 is 1.70. The van der Waals surface area contributed by atoms with Crippen LogP contribution in [0.4, 0.5) is 0 Å². The SMILES string of the molecule is C#CCn1c(C(C)C)nc2sc3c(c2c1=O)CCCC3. The molecule has 0 aliphatic heterocycles. The minimum atomic E-state index is 0.0519. The number of fused-ring (bicyclic) bond motifs is 3. The molecule has 0 bridgehead atoms. The highest BCUT2D eigenvalue weighted by Crippen LogP contribution is 2.34. The molecule has 1 aliphatic carbocycles. The average Bonchev–Trinajstić information content (AvgIpc) is 2.80. The van der Waals surface area contributed by atoms with Gasteiger partial charge in [0, 0.05) is 10.8 Å². The third kappa shape index (κ3) is 1.97. The summed E-state index contributed by atoms with van der Waals surface area (Å²) in [6, 6.07) is 0. The van der Waals surface area contributed by atoms with Gasteiger partial charge in [0.1, 0.15) is 10.7 Å². The van der Waals surface area contributed by atoms with Gasteiger partial charge >= 0.3 is 0 Å². The first-order valence-corrected chi connectivity index (χ1v) is 7.93. The van der Waals surface area contributed by atoms with Gasteiger partial charge in [0.2, 0.25) is 0 Å². The standard InChI is InChI=1S/C16H18N2OS/c1-4-9-18-14(10(2)3)17-15-13(16(18)19)11-7-5-6-8-12(11)20-15/h1,10H,5-9H2,2-3H3. The second-order valence-electron chi connectivity index (χ2n) is 5.61. The topological polar surface area (TPSA) is 34.9 Å². The molecule has 20 heavy (non-hydrogen) atoms. The number of aryl methyl sites for hydroxylation is 2. The van der Waals surface area contributed by atoms with E-state index in [0.717, 1.165) is 28.9 Å². The van der Waals surface area contributed by atoms with Gasteiger partial charge in [-0.15, -0.1) is 17.8 Å². The quantitative estimate of drug-likeness (QED) is 0.795. The van der Waals surface area contributed by atoms with E-state index in [9.17, 15) is 4.79 Å². The summed E-state index contributed by atoms with van der Waals surface area (Å²) in [7, 11) is 0. The number of thiophene rings is 1. The van der Waals surface area contributed by atoms with Gasteiger partial charge in [-0.05, 0) is 31.2 Å². The van der Waals surface area contributed by atoms with Crippen molar-refractivity contribution in [3.05, 3.63) is 26.6 Å². The van der Waals surface area contributed by atoms with Crippen molar-refractivity contribution in [2.45, 2.75) is 52.0 Å². The van der Waals surface area contributed by atoms with E-state index in [-0.39, 0.29) is 11.5 Å². The maximum Gasteiger partial charge on any atom is 0.263 e. The molecule has 0 aromatic carbocycles. The van der Waals surface area contributed by atoms with Gasteiger partial charge in [-0.25, -0.2) is 4.98 Å². The zero-order valence-electron chi connectivity index (χ0n) is 11.9. The lowest BCUT2D eigenvalue weighted by Gasteiger charge is -2.13. The van der Waals surface area contributed by atoms with Crippen molar-refractivity contribution in [1.82, 2.24) is 9.55 Å². The Morgan fingerprint density at radius 1 is 1.40 bits per heavy atom. The molecule has 1 aliphatic rings. The van der Waals surface area contributed by atoms with Gasteiger partial charge < -0.3 is 0 Å². The van der Waals surface area contributed by atoms with Gasteiger partial charge in [0.15, 0.2) is 0 Å². The summed E-state index contributed by atoms with van der Waals surface area (Å²) < 4.78 is 1.68. The Morgan fingerprint density at radius 2 is 2.15 bits per heavy atom. The zero-order valence-corrected chi connectivity index (χ0v) is 12.7. The molecule has 0 spiro atoms. The Bertz CT molecular complexity index is 761. The first-order valence-electron chi connectivity index (χ1n) is 7.12. The van der Waals surface area contributed by atoms with Crippen molar-refractivity contribution < 1.29 is 0 Å². The summed E-state index contributed by atoms with van der Waals surface area (Å²) in [4.78, 5) is 19.8. The average molecular weight is 286 g/mol. The second kappa shape index (κ2) is 5.06. The smallest absolute Gasteiger partial charge is 0.263 e. The van der Waals surface area contributed by atoms with Crippen LogP contribution in [0.3, 0.4) is 0 Å². The van der Waals surface area contributed by atoms with Gasteiger partial charge in [0.05, 0.1) is 11.9 Å². The van der Waals surface area contributed by atoms with Crippen LogP contribution in [-0.2, 0) is 19.4 Å². The summed E-state index contributed by atoms with van der Waals surface area (Å²) in [5, 5.41) is 0.823. The van der Waals surface area contributed by atoms with Gasteiger partial charge in [-0.2, -0.15) is 0 Å². The predicted molar refractivity (Wildman–Crippen MR) is 83.4 cm³/mol. The number of nitrogens with zero attached hydrogens (tertiary/aromatic N) is 2. The van der Waals surface area contributed by atoms with Gasteiger partial charge in [-0.3, -0.25) is 9.36 Å². The maximum atomic E-state index is 12.8. The van der Waals surface area contributed by atoms with Gasteiger partial charge in [0.25, 0.3) is 5.56 Å². The third-order valence-electron chi connectivity index (χ3n) is 3.87. The number of rotatable bonds is 2. The fraction of sp³-hybridized carbons (Fsp3) is 0.500. The number of aromatic nitrogens is 2. The molecule has 0 N–H and O–H groups in total. The van der Waals surface area contributed by atoms with E-state index < -0.39 is 0 Å². The molecular weight excluding hydrogens is 268 g/mol. The van der Waals surface area contributed by atoms with Crippen LogP contribution in [0.2, 0.25) is 0 Å². The molecule has 3 nitrogen and oxygen atoms in total. The fourth-order valence-electron chi connectivity index (χ4n) is 2.94. The van der Waals surface area contributed by atoms with Crippen LogP contribution >= 0.6 is 11.3 Å². The Labute approximate surface area is 122 Å². The highest BCUT2D eigenvalue weighted by atomic mass is 32.1. The maximum absolute atomic E-state index is 12.8. The van der Waals surface area contributed by atoms with E-state index in [0.29, 0.717) is 6.54 Å². The number of hydrogen-bond acceptors (Lipinski definition) is 3. The minimum Gasteiger partial charge on any atom is -0.284 e. The molecule has 4 heteroatoms. The van der Waals surface area contributed by atoms with Crippen molar-refractivity contribution >= 4 is 21.6 Å². The molecule has 0 amide bonds. The first kappa shape index (κ1) is 13.4. The number of hydrogen-bond donors (Lipinski definition) is 0. The molecule has 3 rings (SSSR count). The molecule has 0 saturated heterocycles. The van der Waals surface area contributed by atoms with Crippen LogP contribution in [0.1, 0.15) is 48.9 Å². The van der Waals surface area contributed by atoms with E-state index in [1.54, 1.807) is 15.9 Å². The van der Waals surface area contributed by atoms with Crippen LogP contribution in [0.25, 0.3) is 10.2 Å². The molecular formula is C16H18N2OS. The zero-order chi connectivity index (χ0) is 14.3. The van der Waals surface area contributed by atoms with E-state index in [2.05, 4.69) is 5.92 Å². The van der Waals surface area contributed by atoms with Crippen LogP contribution < -0.4 is 5.56 Å². The molecule has 0 radical (unpaired) electrons. The molecule has 104 valence electrons. The summed E-state index contributed by atoms with van der Waals surface area (Å²) in [6.07, 6.45) is 9.89. The summed E-state index contributed by atoms with van der Waals surface area (Å²) in [5.74, 6) is 3.58. The summed E-state index contributed by atoms with van der Waals surface area (Å²) in [6.45, 7) is 4.40. The first-order chi connectivity index (χ1) is 9.63. The van der Waals surface area contributed by atoms with E-state index in [1.807, 2.05) is 13.8 Å². The van der Waals surface area contributed by atoms with Crippen molar-refractivity contribution in [2.24, 2.45) is 0 Å². The van der Waals surface area contributed by atoms with Crippen LogP contribution in [0.15, 0.2) is 4.79 Å². The van der Waals surface area contributed by atoms with Crippen LogP contribution in [0, 0.1) is 12.3 Å². The molecule has 2 heterocycles. The van der Waals surface area contributed by atoms with Crippen molar-refractivity contribution in [1.29, 1.82) is 0 Å². The lowest BCUT2D eigenvalue weighted by Crippen LogP contribution is -2.26. The Hall–Kier alpha value is -1.60. The molecule has 0 unspecified atom stereocenters. The fourth-order valence-corrected chi connectivity index (χ4v) is 4.20. The molecule has 0 saturated carbocycles. The largest absolute Gasteiger partial charge is 0.284 e. The van der Waals surface area contributed by atoms with Crippen molar-refractivity contribution in [3.63, 3.8) is 0 Å². The van der Waals surface area contributed by atoms with Gasteiger partial charge in [-0.1, -0.05) is 19.8 Å². The Morgan fingerprint density at radius 3 is 2.85 bits per heavy atom. The lowest BCUT2D eigenvalue weighted by molar-refractivity contribution is 0.649. The van der Waals surface area contributed by atoms with Crippen LogP contribution in [0.5, 0.6) is 0 Å². The van der Waals surface area contributed by atoms with Crippen molar-refractivity contribution in [2.75, 3.05) is 0 Å². The molecule has 2 aromatic rings. The Kier molecular flexibility index (Phi) is 3.39. The monoisotopic (exact) mass is 286 g/mol. The normalized spacial score (nSPS) is 14.5. The second-order valence-corrected chi connectivity index (χ2v) is 6.69.